The Hall–Kier alpha value is -3.74. The summed E-state index contributed by atoms with van der Waals surface area (Å²) in [4.78, 5) is 8.76. The number of ether oxygens (including phenoxy) is 1. The predicted octanol–water partition coefficient (Wildman–Crippen LogP) is 4.53. The van der Waals surface area contributed by atoms with Crippen molar-refractivity contribution in [1.82, 2.24) is 19.7 Å². The molecule has 4 aromatic rings. The first-order chi connectivity index (χ1) is 13.6. The molecule has 0 saturated heterocycles. The molecule has 0 unspecified atom stereocenters. The highest BCUT2D eigenvalue weighted by Crippen LogP contribution is 2.24. The van der Waals surface area contributed by atoms with Gasteiger partial charge in [0.15, 0.2) is 0 Å². The van der Waals surface area contributed by atoms with Crippen molar-refractivity contribution >= 4 is 11.6 Å². The molecule has 0 bridgehead atoms. The summed E-state index contributed by atoms with van der Waals surface area (Å²) in [6, 6.07) is 15.6. The van der Waals surface area contributed by atoms with Crippen molar-refractivity contribution in [2.24, 2.45) is 0 Å². The van der Waals surface area contributed by atoms with E-state index in [1.165, 1.54) is 12.1 Å². The number of hydrogen-bond donors (Lipinski definition) is 1. The third-order valence-corrected chi connectivity index (χ3v) is 4.25. The lowest BCUT2D eigenvalue weighted by atomic mass is 10.2. The number of hydrogen-bond acceptors (Lipinski definition) is 5. The zero-order valence-electron chi connectivity index (χ0n) is 15.4. The third kappa shape index (κ3) is 3.68. The average Bonchev–Trinajstić information content (AvgIpc) is 3.10. The van der Waals surface area contributed by atoms with Crippen LogP contribution in [0.2, 0.25) is 0 Å². The van der Waals surface area contributed by atoms with Crippen LogP contribution in [0, 0.1) is 12.7 Å². The maximum absolute atomic E-state index is 13.4. The van der Waals surface area contributed by atoms with Gasteiger partial charge in [0, 0.05) is 23.6 Å². The maximum Gasteiger partial charge on any atom is 0.227 e. The van der Waals surface area contributed by atoms with Crippen LogP contribution in [0.15, 0.2) is 67.0 Å². The highest BCUT2D eigenvalue weighted by Gasteiger charge is 2.11. The molecule has 0 spiro atoms. The first-order valence-electron chi connectivity index (χ1n) is 8.69. The second-order valence-electron chi connectivity index (χ2n) is 6.17. The third-order valence-electron chi connectivity index (χ3n) is 4.25. The van der Waals surface area contributed by atoms with Gasteiger partial charge in [0.05, 0.1) is 24.2 Å². The number of methoxy groups -OCH3 is 1. The zero-order chi connectivity index (χ0) is 19.5. The second-order valence-corrected chi connectivity index (χ2v) is 6.17. The minimum absolute atomic E-state index is 0.322. The quantitative estimate of drug-likeness (QED) is 0.555. The van der Waals surface area contributed by atoms with Gasteiger partial charge in [-0.05, 0) is 55.5 Å². The second kappa shape index (κ2) is 7.48. The van der Waals surface area contributed by atoms with Gasteiger partial charge in [0.1, 0.15) is 11.6 Å². The van der Waals surface area contributed by atoms with Crippen LogP contribution >= 0.6 is 0 Å². The summed E-state index contributed by atoms with van der Waals surface area (Å²) < 4.78 is 20.4. The molecule has 7 heteroatoms. The molecule has 2 aromatic carbocycles. The molecule has 140 valence electrons. The molecule has 0 aliphatic rings. The van der Waals surface area contributed by atoms with E-state index >= 15 is 0 Å². The molecule has 2 heterocycles. The van der Waals surface area contributed by atoms with E-state index in [1.54, 1.807) is 30.1 Å². The molecule has 2 aromatic heterocycles. The smallest absolute Gasteiger partial charge is 0.227 e. The van der Waals surface area contributed by atoms with Gasteiger partial charge in [-0.3, -0.25) is 0 Å². The Morgan fingerprint density at radius 1 is 1.07 bits per heavy atom. The van der Waals surface area contributed by atoms with Crippen LogP contribution in [0.4, 0.5) is 16.0 Å². The molecule has 1 N–H and O–H groups in total. The van der Waals surface area contributed by atoms with Crippen LogP contribution in [0.1, 0.15) is 5.69 Å². The van der Waals surface area contributed by atoms with Gasteiger partial charge in [-0.25, -0.2) is 19.0 Å². The van der Waals surface area contributed by atoms with Crippen LogP contribution in [-0.2, 0) is 0 Å². The van der Waals surface area contributed by atoms with Crippen molar-refractivity contribution in [3.05, 3.63) is 78.5 Å². The van der Waals surface area contributed by atoms with Crippen LogP contribution in [0.25, 0.3) is 16.9 Å². The summed E-state index contributed by atoms with van der Waals surface area (Å²) in [6.07, 6.45) is 3.58. The van der Waals surface area contributed by atoms with E-state index in [9.17, 15) is 4.39 Å². The van der Waals surface area contributed by atoms with Crippen molar-refractivity contribution in [3.8, 4) is 22.7 Å². The molecule has 0 aliphatic carbocycles. The lowest BCUT2D eigenvalue weighted by molar-refractivity contribution is 0.414. The molecule has 0 atom stereocenters. The van der Waals surface area contributed by atoms with Gasteiger partial charge < -0.3 is 10.1 Å². The number of aromatic nitrogens is 4. The van der Waals surface area contributed by atoms with Gasteiger partial charge in [-0.1, -0.05) is 6.07 Å². The van der Waals surface area contributed by atoms with Crippen molar-refractivity contribution in [3.63, 3.8) is 0 Å². The zero-order valence-corrected chi connectivity index (χ0v) is 15.4. The monoisotopic (exact) mass is 375 g/mol. The Morgan fingerprint density at radius 2 is 1.89 bits per heavy atom. The summed E-state index contributed by atoms with van der Waals surface area (Å²) in [5.41, 5.74) is 3.96. The van der Waals surface area contributed by atoms with Crippen LogP contribution in [-0.4, -0.2) is 26.9 Å². The fraction of sp³-hybridized carbons (Fsp3) is 0.0952. The van der Waals surface area contributed by atoms with E-state index in [-0.39, 0.29) is 5.82 Å². The molecular weight excluding hydrogens is 357 g/mol. The number of benzene rings is 2. The number of nitrogens with one attached hydrogen (secondary N) is 1. The van der Waals surface area contributed by atoms with Crippen molar-refractivity contribution in [1.29, 1.82) is 0 Å². The van der Waals surface area contributed by atoms with E-state index < -0.39 is 0 Å². The summed E-state index contributed by atoms with van der Waals surface area (Å²) in [5, 5.41) is 7.61. The summed E-state index contributed by atoms with van der Waals surface area (Å²) in [6.45, 7) is 1.93. The van der Waals surface area contributed by atoms with Crippen LogP contribution in [0.3, 0.4) is 0 Å². The lowest BCUT2D eigenvalue weighted by Crippen LogP contribution is -1.98. The number of rotatable bonds is 5. The van der Waals surface area contributed by atoms with Gasteiger partial charge in [0.2, 0.25) is 5.95 Å². The van der Waals surface area contributed by atoms with E-state index in [1.807, 2.05) is 43.5 Å². The Bertz CT molecular complexity index is 1110. The minimum Gasteiger partial charge on any atom is -0.497 e. The Labute approximate surface area is 161 Å². The van der Waals surface area contributed by atoms with Crippen LogP contribution < -0.4 is 10.1 Å². The van der Waals surface area contributed by atoms with E-state index in [2.05, 4.69) is 20.4 Å². The van der Waals surface area contributed by atoms with Crippen molar-refractivity contribution in [2.75, 3.05) is 12.4 Å². The first kappa shape index (κ1) is 17.7. The first-order valence-corrected chi connectivity index (χ1v) is 8.69. The minimum atomic E-state index is -0.322. The fourth-order valence-corrected chi connectivity index (χ4v) is 2.84. The molecule has 0 fully saturated rings. The van der Waals surface area contributed by atoms with Gasteiger partial charge in [-0.2, -0.15) is 5.10 Å². The highest BCUT2D eigenvalue weighted by atomic mass is 19.1. The van der Waals surface area contributed by atoms with E-state index in [4.69, 9.17) is 4.74 Å². The van der Waals surface area contributed by atoms with Crippen molar-refractivity contribution in [2.45, 2.75) is 6.92 Å². The molecule has 0 saturated carbocycles. The van der Waals surface area contributed by atoms with Crippen molar-refractivity contribution < 1.29 is 9.13 Å². The normalized spacial score (nSPS) is 10.7. The number of nitrogens with zero attached hydrogens (tertiary/aromatic N) is 4. The van der Waals surface area contributed by atoms with E-state index in [0.717, 1.165) is 28.4 Å². The van der Waals surface area contributed by atoms with Crippen LogP contribution in [0.5, 0.6) is 5.75 Å². The predicted molar refractivity (Wildman–Crippen MR) is 106 cm³/mol. The number of halogens is 1. The standard InChI is InChI=1S/C21H18FN5O/c1-14-19(13-27(26-14)17-6-8-18(28-2)9-7-17)20-10-11-23-21(25-20)24-16-5-3-4-15(22)12-16/h3-13H,1-2H3,(H,23,24,25). The molecular formula is C21H18FN5O. The Morgan fingerprint density at radius 3 is 2.64 bits per heavy atom. The fourth-order valence-electron chi connectivity index (χ4n) is 2.84. The molecule has 28 heavy (non-hydrogen) atoms. The van der Waals surface area contributed by atoms with E-state index in [0.29, 0.717) is 11.6 Å². The molecule has 0 radical (unpaired) electrons. The molecule has 4 rings (SSSR count). The van der Waals surface area contributed by atoms with Gasteiger partial charge in [0.25, 0.3) is 0 Å². The lowest BCUT2D eigenvalue weighted by Gasteiger charge is -2.06. The highest BCUT2D eigenvalue weighted by molar-refractivity contribution is 5.64. The average molecular weight is 375 g/mol. The molecule has 6 nitrogen and oxygen atoms in total. The SMILES string of the molecule is COc1ccc(-n2cc(-c3ccnc(Nc4cccc(F)c4)n3)c(C)n2)cc1. The molecule has 0 aliphatic heterocycles. The van der Waals surface area contributed by atoms with Gasteiger partial charge >= 0.3 is 0 Å². The topological polar surface area (TPSA) is 64.9 Å². The van der Waals surface area contributed by atoms with Gasteiger partial charge in [-0.15, -0.1) is 0 Å². The largest absolute Gasteiger partial charge is 0.497 e. The summed E-state index contributed by atoms with van der Waals surface area (Å²) in [7, 11) is 1.63. The maximum atomic E-state index is 13.4. The summed E-state index contributed by atoms with van der Waals surface area (Å²) in [5.74, 6) is 0.856. The number of anilines is 2. The summed E-state index contributed by atoms with van der Waals surface area (Å²) >= 11 is 0. The Balaban J connectivity index is 1.63. The molecule has 0 amide bonds. The number of aryl methyl sites for hydroxylation is 1. The Kier molecular flexibility index (Phi) is 4.72.